The molecule has 6 aromatic rings. The molecule has 4 aromatic carbocycles. The van der Waals surface area contributed by atoms with Crippen LogP contribution in [0.1, 0.15) is 56.2 Å². The Balaban J connectivity index is 0.000000174. The van der Waals surface area contributed by atoms with Gasteiger partial charge in [0.1, 0.15) is 15.6 Å². The lowest BCUT2D eigenvalue weighted by atomic mass is 9.98. The number of benzene rings is 4. The average Bonchev–Trinajstić information content (AvgIpc) is 3.19. The molecule has 2 saturated heterocycles. The van der Waals surface area contributed by atoms with Gasteiger partial charge in [-0.25, -0.2) is 21.2 Å². The minimum atomic E-state index is -3.92. The van der Waals surface area contributed by atoms with Crippen LogP contribution < -0.4 is 9.80 Å². The van der Waals surface area contributed by atoms with Crippen molar-refractivity contribution in [2.75, 3.05) is 36.0 Å². The van der Waals surface area contributed by atoms with Crippen molar-refractivity contribution in [1.29, 1.82) is 0 Å². The summed E-state index contributed by atoms with van der Waals surface area (Å²) < 4.78 is 68.2. The molecule has 8 rings (SSSR count). The van der Waals surface area contributed by atoms with Gasteiger partial charge in [-0.15, -0.1) is 0 Å². The summed E-state index contributed by atoms with van der Waals surface area (Å²) >= 11 is 6.07. The van der Waals surface area contributed by atoms with E-state index >= 15 is 0 Å². The third-order valence-corrected chi connectivity index (χ3v) is 15.0. The summed E-state index contributed by atoms with van der Waals surface area (Å²) in [6.07, 6.45) is 7.04. The van der Waals surface area contributed by atoms with Gasteiger partial charge in [0.2, 0.25) is 19.7 Å². The van der Waals surface area contributed by atoms with Gasteiger partial charge in [-0.05, 0) is 118 Å². The molecule has 2 aliphatic heterocycles. The molecule has 0 unspecified atom stereocenters. The number of hydrogen-bond donors (Lipinski definition) is 0. The zero-order valence-electron chi connectivity index (χ0n) is 33.0. The number of nitrogens with zero attached hydrogens (tertiary/aromatic N) is 4. The van der Waals surface area contributed by atoms with E-state index in [1.54, 1.807) is 25.1 Å². The summed E-state index contributed by atoms with van der Waals surface area (Å²) in [5.41, 5.74) is 5.57. The summed E-state index contributed by atoms with van der Waals surface area (Å²) in [5, 5.41) is 2.12. The van der Waals surface area contributed by atoms with E-state index in [2.05, 4.69) is 33.6 Å². The first kappa shape index (κ1) is 40.6. The molecular weight excluding hydrogens is 779 g/mol. The Labute approximate surface area is 340 Å². The number of halogens is 2. The normalized spacial score (nSPS) is 15.8. The van der Waals surface area contributed by atoms with Crippen LogP contribution in [-0.4, -0.2) is 53.0 Å². The van der Waals surface area contributed by atoms with Crippen LogP contribution in [-0.2, 0) is 19.7 Å². The molecular formula is C45H48ClFN4O4S2. The quantitative estimate of drug-likeness (QED) is 0.164. The Morgan fingerprint density at radius 1 is 0.614 bits per heavy atom. The van der Waals surface area contributed by atoms with Gasteiger partial charge >= 0.3 is 0 Å². The maximum Gasteiger partial charge on any atom is 0.210 e. The van der Waals surface area contributed by atoms with E-state index < -0.39 is 25.5 Å². The van der Waals surface area contributed by atoms with Crippen molar-refractivity contribution in [2.45, 2.75) is 79.9 Å². The third-order valence-electron chi connectivity index (χ3n) is 11.3. The number of aromatic nitrogens is 2. The highest BCUT2D eigenvalue weighted by atomic mass is 35.5. The summed E-state index contributed by atoms with van der Waals surface area (Å²) in [5.74, 6) is 0.746. The highest BCUT2D eigenvalue weighted by Crippen LogP contribution is 2.40. The first-order valence-electron chi connectivity index (χ1n) is 19.4. The zero-order valence-corrected chi connectivity index (χ0v) is 35.4. The van der Waals surface area contributed by atoms with Crippen LogP contribution >= 0.6 is 11.6 Å². The molecule has 0 radical (unpaired) electrons. The number of piperidine rings is 2. The summed E-state index contributed by atoms with van der Waals surface area (Å²) in [7, 11) is -7.67. The van der Waals surface area contributed by atoms with E-state index in [9.17, 15) is 21.2 Å². The molecule has 8 nitrogen and oxygen atoms in total. The maximum atomic E-state index is 14.1. The molecule has 2 fully saturated rings. The molecule has 12 heteroatoms. The van der Waals surface area contributed by atoms with Gasteiger partial charge in [0.15, 0.2) is 0 Å². The van der Waals surface area contributed by atoms with E-state index in [-0.39, 0.29) is 19.6 Å². The van der Waals surface area contributed by atoms with Gasteiger partial charge in [-0.3, -0.25) is 9.97 Å². The zero-order chi connectivity index (χ0) is 40.6. The van der Waals surface area contributed by atoms with Crippen molar-refractivity contribution in [1.82, 2.24) is 9.97 Å². The minimum absolute atomic E-state index is 0.0407. The summed E-state index contributed by atoms with van der Waals surface area (Å²) in [6, 6.07) is 22.4. The average molecular weight is 827 g/mol. The predicted octanol–water partition coefficient (Wildman–Crippen LogP) is 10.3. The van der Waals surface area contributed by atoms with Crippen LogP contribution in [0.2, 0.25) is 5.02 Å². The molecule has 0 aliphatic carbocycles. The standard InChI is InChI=1S/C23H25FN2O2S.C22H23ClN2O2S/c1-15-8-10-26(11-9-15)23-19-12-16(2)4-7-21(19)25-14-22(23)29(27,28)18-6-5-17(3)20(24)13-18;1-15-8-10-25(11-9-15)22-19-12-16(2)6-7-20(19)24-14-21(22)28(26,27)18-5-3-4-17(23)13-18/h4-7,12-15H,8-11H2,1-3H3;3-7,12-15H,8-11H2,1-2H3. The van der Waals surface area contributed by atoms with Crippen molar-refractivity contribution < 1.29 is 21.2 Å². The van der Waals surface area contributed by atoms with Crippen molar-refractivity contribution in [3.8, 4) is 0 Å². The van der Waals surface area contributed by atoms with Crippen LogP contribution in [0, 0.1) is 38.4 Å². The van der Waals surface area contributed by atoms with Crippen molar-refractivity contribution >= 4 is 64.5 Å². The lowest BCUT2D eigenvalue weighted by molar-refractivity contribution is 0.437. The Hall–Kier alpha value is -4.58. The van der Waals surface area contributed by atoms with Gasteiger partial charge in [-0.1, -0.05) is 60.8 Å². The Bertz CT molecular complexity index is 2690. The van der Waals surface area contributed by atoms with Gasteiger partial charge in [0.05, 0.1) is 32.2 Å². The fourth-order valence-corrected chi connectivity index (χ4v) is 10.9. The van der Waals surface area contributed by atoms with Crippen LogP contribution in [0.4, 0.5) is 15.8 Å². The molecule has 4 heterocycles. The van der Waals surface area contributed by atoms with Crippen LogP contribution in [0.5, 0.6) is 0 Å². The number of hydrogen-bond acceptors (Lipinski definition) is 8. The van der Waals surface area contributed by atoms with Crippen LogP contribution in [0.3, 0.4) is 0 Å². The molecule has 0 bridgehead atoms. The molecule has 0 spiro atoms. The smallest absolute Gasteiger partial charge is 0.210 e. The SMILES string of the molecule is Cc1ccc2ncc(S(=O)(=O)c3ccc(C)c(F)c3)c(N3CCC(C)CC3)c2c1.Cc1ccc2ncc(S(=O)(=O)c3cccc(Cl)c3)c(N3CCC(C)CC3)c2c1. The van der Waals surface area contributed by atoms with Gasteiger partial charge in [0, 0.05) is 54.4 Å². The molecule has 2 aliphatic rings. The number of sulfone groups is 2. The number of rotatable bonds is 6. The van der Waals surface area contributed by atoms with Crippen molar-refractivity contribution in [2.24, 2.45) is 11.8 Å². The molecule has 0 amide bonds. The number of anilines is 2. The number of fused-ring (bicyclic) bond motifs is 2. The van der Waals surface area contributed by atoms with E-state index in [1.165, 1.54) is 30.6 Å². The Morgan fingerprint density at radius 3 is 1.51 bits per heavy atom. The van der Waals surface area contributed by atoms with E-state index in [1.807, 2.05) is 50.2 Å². The molecule has 57 heavy (non-hydrogen) atoms. The second-order valence-electron chi connectivity index (χ2n) is 15.7. The molecule has 0 saturated carbocycles. The highest BCUT2D eigenvalue weighted by Gasteiger charge is 2.31. The van der Waals surface area contributed by atoms with E-state index in [0.717, 1.165) is 96.5 Å². The number of pyridine rings is 2. The highest BCUT2D eigenvalue weighted by molar-refractivity contribution is 7.92. The van der Waals surface area contributed by atoms with Crippen LogP contribution in [0.15, 0.2) is 111 Å². The monoisotopic (exact) mass is 826 g/mol. The molecule has 0 N–H and O–H groups in total. The molecule has 298 valence electrons. The Kier molecular flexibility index (Phi) is 11.6. The molecule has 2 aromatic heterocycles. The number of aryl methyl sites for hydroxylation is 3. The first-order chi connectivity index (χ1) is 27.1. The van der Waals surface area contributed by atoms with Crippen LogP contribution in [0.25, 0.3) is 21.8 Å². The predicted molar refractivity (Wildman–Crippen MR) is 228 cm³/mol. The second kappa shape index (κ2) is 16.3. The fourth-order valence-electron chi connectivity index (χ4n) is 7.69. The minimum Gasteiger partial charge on any atom is -0.370 e. The van der Waals surface area contributed by atoms with Crippen molar-refractivity contribution in [3.05, 3.63) is 119 Å². The largest absolute Gasteiger partial charge is 0.370 e. The first-order valence-corrected chi connectivity index (χ1v) is 22.8. The third kappa shape index (κ3) is 8.38. The van der Waals surface area contributed by atoms with E-state index in [4.69, 9.17) is 11.6 Å². The lowest BCUT2D eigenvalue weighted by Crippen LogP contribution is -2.34. The van der Waals surface area contributed by atoms with Gasteiger partial charge in [0.25, 0.3) is 0 Å². The topological polar surface area (TPSA) is 101 Å². The molecule has 0 atom stereocenters. The maximum absolute atomic E-state index is 14.1. The van der Waals surface area contributed by atoms with E-state index in [0.29, 0.717) is 28.1 Å². The summed E-state index contributed by atoms with van der Waals surface area (Å²) in [6.45, 7) is 13.3. The van der Waals surface area contributed by atoms with Gasteiger partial charge in [-0.2, -0.15) is 0 Å². The fraction of sp³-hybridized carbons (Fsp3) is 0.333. The second-order valence-corrected chi connectivity index (χ2v) is 20.0. The lowest BCUT2D eigenvalue weighted by Gasteiger charge is -2.34. The summed E-state index contributed by atoms with van der Waals surface area (Å²) in [4.78, 5) is 13.8. The van der Waals surface area contributed by atoms with Gasteiger partial charge < -0.3 is 9.80 Å². The van der Waals surface area contributed by atoms with Crippen molar-refractivity contribution in [3.63, 3.8) is 0 Å². The Morgan fingerprint density at radius 2 is 1.07 bits per heavy atom.